The molecule has 0 spiro atoms. The molecule has 1 N–H and O–H groups in total. The van der Waals surface area contributed by atoms with Crippen molar-refractivity contribution in [1.82, 2.24) is 5.32 Å². The predicted molar refractivity (Wildman–Crippen MR) is 71.5 cm³/mol. The molecule has 3 unspecified atom stereocenters. The first-order valence-corrected chi connectivity index (χ1v) is 6.40. The molecule has 17 heavy (non-hydrogen) atoms. The van der Waals surface area contributed by atoms with Crippen molar-refractivity contribution in [2.45, 2.75) is 33.2 Å². The van der Waals surface area contributed by atoms with Gasteiger partial charge in [-0.3, -0.25) is 0 Å². The lowest BCUT2D eigenvalue weighted by molar-refractivity contribution is 0.407. The Balaban J connectivity index is 2.32. The van der Waals surface area contributed by atoms with Crippen LogP contribution in [0.25, 0.3) is 0 Å². The van der Waals surface area contributed by atoms with Gasteiger partial charge in [0.2, 0.25) is 0 Å². The second-order valence-corrected chi connectivity index (χ2v) is 5.33. The average molecular weight is 233 g/mol. The van der Waals surface area contributed by atoms with E-state index in [0.29, 0.717) is 6.04 Å². The molecule has 0 amide bonds. The molecular weight excluding hydrogens is 210 g/mol. The van der Waals surface area contributed by atoms with Crippen LogP contribution in [-0.2, 0) is 0 Å². The van der Waals surface area contributed by atoms with Crippen molar-refractivity contribution in [3.8, 4) is 5.75 Å². The third kappa shape index (κ3) is 2.32. The second-order valence-electron chi connectivity index (χ2n) is 5.33. The van der Waals surface area contributed by atoms with Crippen LogP contribution in [0.2, 0.25) is 0 Å². The van der Waals surface area contributed by atoms with Crippen LogP contribution in [0.1, 0.15) is 36.1 Å². The van der Waals surface area contributed by atoms with Crippen molar-refractivity contribution >= 4 is 0 Å². The number of aryl methyl sites for hydroxylation is 2. The number of nitrogens with one attached hydrogen (secondary N) is 1. The minimum Gasteiger partial charge on any atom is -0.496 e. The van der Waals surface area contributed by atoms with E-state index in [0.717, 1.165) is 17.6 Å². The van der Waals surface area contributed by atoms with Crippen LogP contribution in [0.15, 0.2) is 12.1 Å². The van der Waals surface area contributed by atoms with E-state index in [1.54, 1.807) is 7.11 Å². The molecule has 1 aromatic carbocycles. The van der Waals surface area contributed by atoms with Crippen LogP contribution in [0.3, 0.4) is 0 Å². The van der Waals surface area contributed by atoms with Gasteiger partial charge in [0, 0.05) is 6.04 Å². The fourth-order valence-electron chi connectivity index (χ4n) is 2.93. The van der Waals surface area contributed by atoms with E-state index < -0.39 is 0 Å². The third-order valence-corrected chi connectivity index (χ3v) is 3.96. The normalized spacial score (nSPS) is 24.5. The Labute approximate surface area is 104 Å². The summed E-state index contributed by atoms with van der Waals surface area (Å²) >= 11 is 0. The Bertz CT molecular complexity index is 390. The van der Waals surface area contributed by atoms with E-state index in [1.807, 2.05) is 0 Å². The first-order chi connectivity index (χ1) is 8.08. The molecule has 1 aliphatic rings. The van der Waals surface area contributed by atoms with Gasteiger partial charge in [-0.2, -0.15) is 0 Å². The molecule has 1 aromatic rings. The van der Waals surface area contributed by atoms with E-state index in [4.69, 9.17) is 4.74 Å². The number of hydrogen-bond acceptors (Lipinski definition) is 2. The van der Waals surface area contributed by atoms with Gasteiger partial charge in [0.05, 0.1) is 7.11 Å². The van der Waals surface area contributed by atoms with E-state index in [-0.39, 0.29) is 0 Å². The van der Waals surface area contributed by atoms with Crippen LogP contribution < -0.4 is 10.1 Å². The number of benzene rings is 1. The van der Waals surface area contributed by atoms with Crippen molar-refractivity contribution < 1.29 is 4.74 Å². The molecule has 2 heteroatoms. The predicted octanol–water partition coefficient (Wildman–Crippen LogP) is 3.23. The molecule has 2 rings (SSSR count). The zero-order valence-corrected chi connectivity index (χ0v) is 11.5. The molecule has 0 aromatic heterocycles. The van der Waals surface area contributed by atoms with Gasteiger partial charge in [0.15, 0.2) is 0 Å². The van der Waals surface area contributed by atoms with Crippen molar-refractivity contribution in [2.75, 3.05) is 14.2 Å². The molecule has 0 heterocycles. The quantitative estimate of drug-likeness (QED) is 0.862. The Morgan fingerprint density at radius 3 is 2.18 bits per heavy atom. The molecule has 0 radical (unpaired) electrons. The maximum absolute atomic E-state index is 5.42. The highest BCUT2D eigenvalue weighted by molar-refractivity contribution is 5.44. The third-order valence-electron chi connectivity index (χ3n) is 3.96. The lowest BCUT2D eigenvalue weighted by atomic mass is 9.96. The topological polar surface area (TPSA) is 21.3 Å². The fraction of sp³-hybridized carbons (Fsp3) is 0.600. The van der Waals surface area contributed by atoms with Crippen LogP contribution in [0.5, 0.6) is 5.75 Å². The van der Waals surface area contributed by atoms with Gasteiger partial charge >= 0.3 is 0 Å². The maximum Gasteiger partial charge on any atom is 0.124 e. The summed E-state index contributed by atoms with van der Waals surface area (Å²) in [5.74, 6) is 2.68. The SMILES string of the molecule is CNC(c1cc(C)c(OC)c(C)c1)C1CC1C. The van der Waals surface area contributed by atoms with Crippen molar-refractivity contribution in [3.63, 3.8) is 0 Å². The van der Waals surface area contributed by atoms with Crippen LogP contribution in [-0.4, -0.2) is 14.2 Å². The largest absolute Gasteiger partial charge is 0.496 e. The minimum absolute atomic E-state index is 0.494. The number of rotatable bonds is 4. The molecule has 1 saturated carbocycles. The maximum atomic E-state index is 5.42. The summed E-state index contributed by atoms with van der Waals surface area (Å²) in [5.41, 5.74) is 3.87. The molecule has 3 atom stereocenters. The Kier molecular flexibility index (Phi) is 3.43. The van der Waals surface area contributed by atoms with E-state index >= 15 is 0 Å². The molecule has 0 saturated heterocycles. The van der Waals surface area contributed by atoms with Gasteiger partial charge in [-0.1, -0.05) is 19.1 Å². The van der Waals surface area contributed by atoms with Gasteiger partial charge in [0.1, 0.15) is 5.75 Å². The highest BCUT2D eigenvalue weighted by Gasteiger charge is 2.39. The molecule has 1 aliphatic carbocycles. The minimum atomic E-state index is 0.494. The molecule has 94 valence electrons. The van der Waals surface area contributed by atoms with Gasteiger partial charge in [-0.25, -0.2) is 0 Å². The highest BCUT2D eigenvalue weighted by Crippen LogP contribution is 2.47. The molecule has 0 aliphatic heterocycles. The van der Waals surface area contributed by atoms with Gasteiger partial charge in [0.25, 0.3) is 0 Å². The second kappa shape index (κ2) is 4.69. The zero-order chi connectivity index (χ0) is 12.6. The lowest BCUT2D eigenvalue weighted by Gasteiger charge is -2.19. The Hall–Kier alpha value is -1.02. The van der Waals surface area contributed by atoms with E-state index in [1.165, 1.54) is 23.1 Å². The molecule has 1 fully saturated rings. The zero-order valence-electron chi connectivity index (χ0n) is 11.5. The summed E-state index contributed by atoms with van der Waals surface area (Å²) in [6, 6.07) is 5.02. The molecule has 2 nitrogen and oxygen atoms in total. The monoisotopic (exact) mass is 233 g/mol. The number of ether oxygens (including phenoxy) is 1. The Morgan fingerprint density at radius 2 is 1.82 bits per heavy atom. The standard InChI is InChI=1S/C15H23NO/c1-9-8-13(9)14(16-4)12-6-10(2)15(17-5)11(3)7-12/h6-7,9,13-14,16H,8H2,1-5H3. The van der Waals surface area contributed by atoms with Gasteiger partial charge < -0.3 is 10.1 Å². The summed E-state index contributed by atoms with van der Waals surface area (Å²) in [6.07, 6.45) is 1.34. The summed E-state index contributed by atoms with van der Waals surface area (Å²) in [5, 5.41) is 3.46. The summed E-state index contributed by atoms with van der Waals surface area (Å²) < 4.78 is 5.42. The smallest absolute Gasteiger partial charge is 0.124 e. The average Bonchev–Trinajstić information content (AvgIpc) is 2.96. The van der Waals surface area contributed by atoms with Crippen LogP contribution >= 0.6 is 0 Å². The van der Waals surface area contributed by atoms with E-state index in [2.05, 4.69) is 45.3 Å². The first-order valence-electron chi connectivity index (χ1n) is 6.40. The van der Waals surface area contributed by atoms with Crippen molar-refractivity contribution in [3.05, 3.63) is 28.8 Å². The molecule has 0 bridgehead atoms. The Morgan fingerprint density at radius 1 is 1.29 bits per heavy atom. The van der Waals surface area contributed by atoms with Crippen LogP contribution in [0.4, 0.5) is 0 Å². The summed E-state index contributed by atoms with van der Waals surface area (Å²) in [4.78, 5) is 0. The van der Waals surface area contributed by atoms with Crippen molar-refractivity contribution in [1.29, 1.82) is 0 Å². The fourth-order valence-corrected chi connectivity index (χ4v) is 2.93. The van der Waals surface area contributed by atoms with Gasteiger partial charge in [-0.15, -0.1) is 0 Å². The van der Waals surface area contributed by atoms with Crippen molar-refractivity contribution in [2.24, 2.45) is 11.8 Å². The van der Waals surface area contributed by atoms with Gasteiger partial charge in [-0.05, 0) is 55.8 Å². The number of methoxy groups -OCH3 is 1. The van der Waals surface area contributed by atoms with Crippen LogP contribution in [0, 0.1) is 25.7 Å². The first kappa shape index (κ1) is 12.4. The highest BCUT2D eigenvalue weighted by atomic mass is 16.5. The van der Waals surface area contributed by atoms with E-state index in [9.17, 15) is 0 Å². The number of hydrogen-bond donors (Lipinski definition) is 1. The lowest BCUT2D eigenvalue weighted by Crippen LogP contribution is -2.19. The summed E-state index contributed by atoms with van der Waals surface area (Å²) in [6.45, 7) is 6.58. The summed E-state index contributed by atoms with van der Waals surface area (Å²) in [7, 11) is 3.80. The molecular formula is C15H23NO.